The zero-order valence-electron chi connectivity index (χ0n) is 13.3. The van der Waals surface area contributed by atoms with Crippen LogP contribution in [-0.2, 0) is 6.54 Å². The van der Waals surface area contributed by atoms with Gasteiger partial charge in [0.05, 0.1) is 12.2 Å². The number of aromatic nitrogens is 2. The Bertz CT molecular complexity index is 402. The van der Waals surface area contributed by atoms with Crippen LogP contribution in [0.5, 0.6) is 0 Å². The zero-order chi connectivity index (χ0) is 14.6. The fourth-order valence-electron chi connectivity index (χ4n) is 3.14. The molecule has 0 bridgehead atoms. The Balaban J connectivity index is 2.09. The van der Waals surface area contributed by atoms with Crippen LogP contribution in [0.2, 0.25) is 0 Å². The molecule has 0 saturated carbocycles. The van der Waals surface area contributed by atoms with Crippen molar-refractivity contribution in [3.8, 4) is 0 Å². The van der Waals surface area contributed by atoms with E-state index >= 15 is 0 Å². The number of likely N-dealkylation sites (tertiary alicyclic amines) is 1. The van der Waals surface area contributed by atoms with Gasteiger partial charge in [-0.25, -0.2) is 0 Å². The highest BCUT2D eigenvalue weighted by molar-refractivity contribution is 5.16. The number of rotatable bonds is 5. The van der Waals surface area contributed by atoms with Crippen LogP contribution < -0.4 is 5.73 Å². The minimum absolute atomic E-state index is 0.00951. The molecule has 1 aliphatic rings. The molecule has 1 unspecified atom stereocenters. The molecule has 0 amide bonds. The van der Waals surface area contributed by atoms with Crippen LogP contribution >= 0.6 is 0 Å². The highest BCUT2D eigenvalue weighted by Gasteiger charge is 2.34. The molecule has 1 aromatic rings. The summed E-state index contributed by atoms with van der Waals surface area (Å²) in [5.74, 6) is 0. The number of nitrogens with two attached hydrogens (primary N) is 1. The first kappa shape index (κ1) is 15.5. The molecule has 0 aromatic carbocycles. The van der Waals surface area contributed by atoms with E-state index in [1.54, 1.807) is 0 Å². The molecule has 20 heavy (non-hydrogen) atoms. The predicted octanol–water partition coefficient (Wildman–Crippen LogP) is 2.95. The van der Waals surface area contributed by atoms with Crippen LogP contribution in [0.3, 0.4) is 0 Å². The monoisotopic (exact) mass is 278 g/mol. The largest absolute Gasteiger partial charge is 0.322 e. The summed E-state index contributed by atoms with van der Waals surface area (Å²) in [6.45, 7) is 10.0. The minimum Gasteiger partial charge on any atom is -0.322 e. The lowest BCUT2D eigenvalue weighted by Crippen LogP contribution is -2.51. The van der Waals surface area contributed by atoms with Crippen LogP contribution in [0.1, 0.15) is 64.5 Å². The summed E-state index contributed by atoms with van der Waals surface area (Å²) in [5.41, 5.74) is 7.72. The summed E-state index contributed by atoms with van der Waals surface area (Å²) in [7, 11) is 0. The molecule has 1 aliphatic heterocycles. The molecule has 0 radical (unpaired) electrons. The van der Waals surface area contributed by atoms with Gasteiger partial charge in [0.2, 0.25) is 0 Å². The van der Waals surface area contributed by atoms with Crippen molar-refractivity contribution in [2.75, 3.05) is 13.1 Å². The van der Waals surface area contributed by atoms with E-state index in [1.807, 2.05) is 10.9 Å². The van der Waals surface area contributed by atoms with Gasteiger partial charge >= 0.3 is 0 Å². The minimum atomic E-state index is -0.00951. The quantitative estimate of drug-likeness (QED) is 0.901. The third kappa shape index (κ3) is 3.41. The standard InChI is InChI=1S/C16H30N4/c1-4-9-20-13-14(12-18-20)15(17)16(2,3)19-10-7-5-6-8-11-19/h12-13,15H,4-11,17H2,1-3H3. The second kappa shape index (κ2) is 6.72. The molecule has 2 N–H and O–H groups in total. The Labute approximate surface area is 123 Å². The fourth-order valence-corrected chi connectivity index (χ4v) is 3.14. The van der Waals surface area contributed by atoms with Crippen LogP contribution in [-0.4, -0.2) is 33.3 Å². The molecule has 114 valence electrons. The van der Waals surface area contributed by atoms with Gasteiger partial charge in [-0.05, 0) is 46.2 Å². The molecule has 4 nitrogen and oxygen atoms in total. The first-order chi connectivity index (χ1) is 9.55. The molecular weight excluding hydrogens is 248 g/mol. The van der Waals surface area contributed by atoms with Crippen molar-refractivity contribution in [3.63, 3.8) is 0 Å². The molecule has 0 spiro atoms. The van der Waals surface area contributed by atoms with Gasteiger partial charge in [0.1, 0.15) is 0 Å². The maximum absolute atomic E-state index is 6.57. The van der Waals surface area contributed by atoms with Gasteiger partial charge in [-0.3, -0.25) is 9.58 Å². The molecule has 1 fully saturated rings. The van der Waals surface area contributed by atoms with E-state index in [0.717, 1.165) is 18.5 Å². The van der Waals surface area contributed by atoms with Crippen molar-refractivity contribution >= 4 is 0 Å². The Kier molecular flexibility index (Phi) is 5.22. The van der Waals surface area contributed by atoms with E-state index in [9.17, 15) is 0 Å². The van der Waals surface area contributed by atoms with Crippen molar-refractivity contribution in [1.29, 1.82) is 0 Å². The zero-order valence-corrected chi connectivity index (χ0v) is 13.3. The van der Waals surface area contributed by atoms with Gasteiger partial charge in [-0.1, -0.05) is 19.8 Å². The Morgan fingerprint density at radius 2 is 1.90 bits per heavy atom. The second-order valence-corrected chi connectivity index (χ2v) is 6.57. The lowest BCUT2D eigenvalue weighted by Gasteiger charge is -2.42. The Hall–Kier alpha value is -0.870. The van der Waals surface area contributed by atoms with Crippen LogP contribution in [0.4, 0.5) is 0 Å². The van der Waals surface area contributed by atoms with E-state index in [1.165, 1.54) is 38.8 Å². The molecule has 2 rings (SSSR count). The van der Waals surface area contributed by atoms with E-state index in [2.05, 4.69) is 37.0 Å². The van der Waals surface area contributed by atoms with Crippen molar-refractivity contribution in [1.82, 2.24) is 14.7 Å². The first-order valence-electron chi connectivity index (χ1n) is 8.08. The average Bonchev–Trinajstić information content (AvgIpc) is 2.71. The topological polar surface area (TPSA) is 47.1 Å². The van der Waals surface area contributed by atoms with E-state index in [4.69, 9.17) is 5.73 Å². The van der Waals surface area contributed by atoms with E-state index in [0.29, 0.717) is 0 Å². The highest BCUT2D eigenvalue weighted by atomic mass is 15.3. The summed E-state index contributed by atoms with van der Waals surface area (Å²) < 4.78 is 2.01. The maximum atomic E-state index is 6.57. The molecule has 4 heteroatoms. The predicted molar refractivity (Wildman–Crippen MR) is 83.6 cm³/mol. The molecule has 0 aliphatic carbocycles. The van der Waals surface area contributed by atoms with Gasteiger partial charge in [0.25, 0.3) is 0 Å². The van der Waals surface area contributed by atoms with E-state index < -0.39 is 0 Å². The van der Waals surface area contributed by atoms with Crippen molar-refractivity contribution < 1.29 is 0 Å². The molecule has 2 heterocycles. The molecule has 1 aromatic heterocycles. The van der Waals surface area contributed by atoms with Crippen molar-refractivity contribution in [3.05, 3.63) is 18.0 Å². The van der Waals surface area contributed by atoms with Gasteiger partial charge in [-0.15, -0.1) is 0 Å². The normalized spacial score (nSPS) is 19.8. The smallest absolute Gasteiger partial charge is 0.0538 e. The van der Waals surface area contributed by atoms with Gasteiger partial charge in [0.15, 0.2) is 0 Å². The average molecular weight is 278 g/mol. The number of aryl methyl sites for hydroxylation is 1. The maximum Gasteiger partial charge on any atom is 0.0538 e. The first-order valence-corrected chi connectivity index (χ1v) is 8.08. The number of nitrogens with zero attached hydrogens (tertiary/aromatic N) is 3. The van der Waals surface area contributed by atoms with Gasteiger partial charge < -0.3 is 5.73 Å². The van der Waals surface area contributed by atoms with Gasteiger partial charge in [-0.2, -0.15) is 5.10 Å². The summed E-state index contributed by atoms with van der Waals surface area (Å²) >= 11 is 0. The second-order valence-electron chi connectivity index (χ2n) is 6.57. The number of hydrogen-bond donors (Lipinski definition) is 1. The Morgan fingerprint density at radius 3 is 2.50 bits per heavy atom. The van der Waals surface area contributed by atoms with E-state index in [-0.39, 0.29) is 11.6 Å². The summed E-state index contributed by atoms with van der Waals surface area (Å²) in [6.07, 6.45) is 10.5. The Morgan fingerprint density at radius 1 is 1.25 bits per heavy atom. The highest BCUT2D eigenvalue weighted by Crippen LogP contribution is 2.30. The third-order valence-electron chi connectivity index (χ3n) is 4.65. The van der Waals surface area contributed by atoms with Crippen LogP contribution in [0, 0.1) is 0 Å². The summed E-state index contributed by atoms with van der Waals surface area (Å²) in [4.78, 5) is 2.57. The van der Waals surface area contributed by atoms with Gasteiger partial charge in [0, 0.05) is 23.8 Å². The summed E-state index contributed by atoms with van der Waals surface area (Å²) in [5, 5.41) is 4.42. The van der Waals surface area contributed by atoms with Crippen molar-refractivity contribution in [2.24, 2.45) is 5.73 Å². The number of hydrogen-bond acceptors (Lipinski definition) is 3. The van der Waals surface area contributed by atoms with Crippen molar-refractivity contribution in [2.45, 2.75) is 71.0 Å². The lowest BCUT2D eigenvalue weighted by molar-refractivity contribution is 0.0980. The third-order valence-corrected chi connectivity index (χ3v) is 4.65. The molecule has 1 saturated heterocycles. The fraction of sp³-hybridized carbons (Fsp3) is 0.812. The summed E-state index contributed by atoms with van der Waals surface area (Å²) in [6, 6.07) is 0.0196. The SMILES string of the molecule is CCCn1cc(C(N)C(C)(C)N2CCCCCC2)cn1. The molecular formula is C16H30N4. The lowest BCUT2D eigenvalue weighted by atomic mass is 9.89. The van der Waals surface area contributed by atoms with Crippen LogP contribution in [0.15, 0.2) is 12.4 Å². The molecule has 1 atom stereocenters. The van der Waals surface area contributed by atoms with Crippen LogP contribution in [0.25, 0.3) is 0 Å².